The minimum Gasteiger partial charge on any atom is -0.489 e. The quantitative estimate of drug-likeness (QED) is 0.916. The second kappa shape index (κ2) is 5.52. The van der Waals surface area contributed by atoms with Crippen molar-refractivity contribution in [1.82, 2.24) is 0 Å². The van der Waals surface area contributed by atoms with Crippen LogP contribution < -0.4 is 4.74 Å². The largest absolute Gasteiger partial charge is 0.489 e. The van der Waals surface area contributed by atoms with Crippen molar-refractivity contribution < 1.29 is 19.0 Å². The molecule has 0 aromatic heterocycles. The zero-order valence-electron chi connectivity index (χ0n) is 10.4. The van der Waals surface area contributed by atoms with Crippen molar-refractivity contribution in [2.45, 2.75) is 13.5 Å². The predicted molar refractivity (Wildman–Crippen MR) is 68.9 cm³/mol. The van der Waals surface area contributed by atoms with Gasteiger partial charge in [0.1, 0.15) is 18.2 Å². The summed E-state index contributed by atoms with van der Waals surface area (Å²) in [5.74, 6) is -0.638. The van der Waals surface area contributed by atoms with Gasteiger partial charge in [0.05, 0.1) is 5.56 Å². The molecule has 0 bridgehead atoms. The van der Waals surface area contributed by atoms with Crippen molar-refractivity contribution in [2.24, 2.45) is 0 Å². The van der Waals surface area contributed by atoms with Crippen LogP contribution in [0.15, 0.2) is 42.5 Å². The fourth-order valence-corrected chi connectivity index (χ4v) is 1.62. The first-order valence-corrected chi connectivity index (χ1v) is 5.77. The molecule has 0 heterocycles. The number of hydrogen-bond acceptors (Lipinski definition) is 2. The van der Waals surface area contributed by atoms with Gasteiger partial charge in [0.2, 0.25) is 0 Å². The highest BCUT2D eigenvalue weighted by Gasteiger charge is 2.03. The van der Waals surface area contributed by atoms with Crippen molar-refractivity contribution in [2.75, 3.05) is 0 Å². The molecule has 19 heavy (non-hydrogen) atoms. The third-order valence-electron chi connectivity index (χ3n) is 2.74. The van der Waals surface area contributed by atoms with Gasteiger partial charge in [-0.3, -0.25) is 0 Å². The maximum Gasteiger partial charge on any atom is 0.335 e. The number of carboxylic acids is 1. The summed E-state index contributed by atoms with van der Waals surface area (Å²) < 4.78 is 18.6. The average molecular weight is 260 g/mol. The standard InChI is InChI=1S/C15H13FO3/c1-10-8-13(6-7-14(10)16)19-9-11-2-4-12(5-3-11)15(17)18/h2-8H,9H2,1H3,(H,17,18). The van der Waals surface area contributed by atoms with Crippen molar-refractivity contribution in [3.8, 4) is 5.75 Å². The van der Waals surface area contributed by atoms with Gasteiger partial charge >= 0.3 is 5.97 Å². The van der Waals surface area contributed by atoms with Gasteiger partial charge in [0.25, 0.3) is 0 Å². The molecule has 2 aromatic carbocycles. The molecule has 0 aliphatic carbocycles. The summed E-state index contributed by atoms with van der Waals surface area (Å²) in [6.07, 6.45) is 0. The van der Waals surface area contributed by atoms with Crippen LogP contribution in [0.2, 0.25) is 0 Å². The molecular formula is C15H13FO3. The lowest BCUT2D eigenvalue weighted by molar-refractivity contribution is 0.0697. The number of aryl methyl sites for hydroxylation is 1. The van der Waals surface area contributed by atoms with Gasteiger partial charge in [0, 0.05) is 0 Å². The van der Waals surface area contributed by atoms with Crippen molar-refractivity contribution in [1.29, 1.82) is 0 Å². The average Bonchev–Trinajstić information content (AvgIpc) is 2.40. The van der Waals surface area contributed by atoms with E-state index in [0.29, 0.717) is 17.9 Å². The number of ether oxygens (including phenoxy) is 1. The fraction of sp³-hybridized carbons (Fsp3) is 0.133. The van der Waals surface area contributed by atoms with E-state index in [1.807, 2.05) is 0 Å². The first-order chi connectivity index (χ1) is 9.06. The monoisotopic (exact) mass is 260 g/mol. The zero-order valence-corrected chi connectivity index (χ0v) is 10.4. The Morgan fingerprint density at radius 3 is 2.47 bits per heavy atom. The van der Waals surface area contributed by atoms with Crippen LogP contribution >= 0.6 is 0 Å². The van der Waals surface area contributed by atoms with Gasteiger partial charge in [-0.1, -0.05) is 12.1 Å². The number of carbonyl (C=O) groups is 1. The van der Waals surface area contributed by atoms with Crippen LogP contribution in [-0.2, 0) is 6.61 Å². The van der Waals surface area contributed by atoms with E-state index in [0.717, 1.165) is 5.56 Å². The molecule has 0 amide bonds. The third-order valence-corrected chi connectivity index (χ3v) is 2.74. The normalized spacial score (nSPS) is 10.2. The number of hydrogen-bond donors (Lipinski definition) is 1. The molecule has 0 spiro atoms. The molecule has 2 aromatic rings. The van der Waals surface area contributed by atoms with Crippen molar-refractivity contribution >= 4 is 5.97 Å². The number of carboxylic acid groups (broad SMARTS) is 1. The Kier molecular flexibility index (Phi) is 3.80. The first-order valence-electron chi connectivity index (χ1n) is 5.77. The van der Waals surface area contributed by atoms with Crippen LogP contribution in [0, 0.1) is 12.7 Å². The minimum absolute atomic E-state index is 0.237. The molecule has 0 radical (unpaired) electrons. The molecule has 0 saturated heterocycles. The van der Waals surface area contributed by atoms with E-state index in [-0.39, 0.29) is 11.4 Å². The van der Waals surface area contributed by atoms with Crippen LogP contribution in [0.25, 0.3) is 0 Å². The Morgan fingerprint density at radius 1 is 1.21 bits per heavy atom. The molecule has 1 N–H and O–H groups in total. The SMILES string of the molecule is Cc1cc(OCc2ccc(C(=O)O)cc2)ccc1F. The Morgan fingerprint density at radius 2 is 1.89 bits per heavy atom. The maximum atomic E-state index is 13.1. The van der Waals surface area contributed by atoms with Crippen molar-refractivity contribution in [3.05, 3.63) is 65.0 Å². The number of rotatable bonds is 4. The summed E-state index contributed by atoms with van der Waals surface area (Å²) in [4.78, 5) is 10.7. The maximum absolute atomic E-state index is 13.1. The lowest BCUT2D eigenvalue weighted by Crippen LogP contribution is -1.99. The molecule has 2 rings (SSSR count). The summed E-state index contributed by atoms with van der Waals surface area (Å²) in [6, 6.07) is 11.0. The van der Waals surface area contributed by atoms with E-state index in [9.17, 15) is 9.18 Å². The molecule has 98 valence electrons. The highest BCUT2D eigenvalue weighted by Crippen LogP contribution is 2.17. The summed E-state index contributed by atoms with van der Waals surface area (Å²) in [7, 11) is 0. The van der Waals surface area contributed by atoms with Gasteiger partial charge in [-0.15, -0.1) is 0 Å². The summed E-state index contributed by atoms with van der Waals surface area (Å²) >= 11 is 0. The van der Waals surface area contributed by atoms with Crippen LogP contribution in [0.3, 0.4) is 0 Å². The van der Waals surface area contributed by atoms with Gasteiger partial charge in [-0.25, -0.2) is 9.18 Å². The van der Waals surface area contributed by atoms with Crippen LogP contribution in [0.5, 0.6) is 5.75 Å². The van der Waals surface area contributed by atoms with Crippen LogP contribution in [-0.4, -0.2) is 11.1 Å². The Hall–Kier alpha value is -2.36. The summed E-state index contributed by atoms with van der Waals surface area (Å²) in [5.41, 5.74) is 1.62. The van der Waals surface area contributed by atoms with E-state index in [4.69, 9.17) is 9.84 Å². The molecule has 4 heteroatoms. The lowest BCUT2D eigenvalue weighted by atomic mass is 10.1. The van der Waals surface area contributed by atoms with E-state index in [2.05, 4.69) is 0 Å². The molecular weight excluding hydrogens is 247 g/mol. The highest BCUT2D eigenvalue weighted by molar-refractivity contribution is 5.87. The molecule has 3 nitrogen and oxygen atoms in total. The Balaban J connectivity index is 2.01. The molecule has 0 fully saturated rings. The van der Waals surface area contributed by atoms with Crippen LogP contribution in [0.4, 0.5) is 4.39 Å². The second-order valence-electron chi connectivity index (χ2n) is 4.20. The molecule has 0 aliphatic heterocycles. The lowest BCUT2D eigenvalue weighted by Gasteiger charge is -2.07. The van der Waals surface area contributed by atoms with E-state index in [1.165, 1.54) is 18.2 Å². The van der Waals surface area contributed by atoms with E-state index in [1.54, 1.807) is 31.2 Å². The van der Waals surface area contributed by atoms with Gasteiger partial charge in [-0.2, -0.15) is 0 Å². The highest BCUT2D eigenvalue weighted by atomic mass is 19.1. The molecule has 0 atom stereocenters. The minimum atomic E-state index is -0.957. The number of halogens is 1. The first kappa shape index (κ1) is 13.1. The van der Waals surface area contributed by atoms with Crippen LogP contribution in [0.1, 0.15) is 21.5 Å². The summed E-state index contributed by atoms with van der Waals surface area (Å²) in [5, 5.41) is 8.77. The topological polar surface area (TPSA) is 46.5 Å². The third kappa shape index (κ3) is 3.31. The Bertz CT molecular complexity index is 591. The fourth-order valence-electron chi connectivity index (χ4n) is 1.62. The zero-order chi connectivity index (χ0) is 13.8. The Labute approximate surface area is 110 Å². The smallest absolute Gasteiger partial charge is 0.335 e. The summed E-state index contributed by atoms with van der Waals surface area (Å²) in [6.45, 7) is 1.98. The van der Waals surface area contributed by atoms with E-state index < -0.39 is 5.97 Å². The molecule has 0 aliphatic rings. The number of benzene rings is 2. The van der Waals surface area contributed by atoms with Gasteiger partial charge < -0.3 is 9.84 Å². The van der Waals surface area contributed by atoms with Crippen molar-refractivity contribution in [3.63, 3.8) is 0 Å². The second-order valence-corrected chi connectivity index (χ2v) is 4.20. The molecule has 0 unspecified atom stereocenters. The van der Waals surface area contributed by atoms with Gasteiger partial charge in [0.15, 0.2) is 0 Å². The number of aromatic carboxylic acids is 1. The van der Waals surface area contributed by atoms with Gasteiger partial charge in [-0.05, 0) is 48.4 Å². The predicted octanol–water partition coefficient (Wildman–Crippen LogP) is 3.41. The molecule has 0 saturated carbocycles. The van der Waals surface area contributed by atoms with E-state index >= 15 is 0 Å².